The van der Waals surface area contributed by atoms with Gasteiger partial charge in [-0.3, -0.25) is 4.90 Å². The first-order valence-electron chi connectivity index (χ1n) is 7.89. The number of urea groups is 1. The van der Waals surface area contributed by atoms with Crippen molar-refractivity contribution in [2.24, 2.45) is 0 Å². The molecule has 126 valence electrons. The fraction of sp³-hybridized carbons (Fsp3) is 0.263. The number of para-hydroxylation sites is 1. The highest BCUT2D eigenvalue weighted by Crippen LogP contribution is 2.27. The molecule has 5 nitrogen and oxygen atoms in total. The fourth-order valence-corrected chi connectivity index (χ4v) is 2.28. The molecular formula is C19H24N4O. The zero-order valence-corrected chi connectivity index (χ0v) is 14.5. The maximum Gasteiger partial charge on any atom is 0.328 e. The van der Waals surface area contributed by atoms with Gasteiger partial charge in [0.15, 0.2) is 0 Å². The van der Waals surface area contributed by atoms with E-state index in [0.717, 1.165) is 30.2 Å². The Balaban J connectivity index is 2.30. The number of hydrogen-bond donors (Lipinski definition) is 0. The molecule has 0 saturated heterocycles. The Morgan fingerprint density at radius 1 is 1.08 bits per heavy atom. The van der Waals surface area contributed by atoms with Gasteiger partial charge in [0, 0.05) is 27.7 Å². The lowest BCUT2D eigenvalue weighted by Crippen LogP contribution is -2.36. The number of pyridine rings is 1. The summed E-state index contributed by atoms with van der Waals surface area (Å²) in [4.78, 5) is 22.4. The van der Waals surface area contributed by atoms with Gasteiger partial charge in [-0.25, -0.2) is 9.78 Å². The van der Waals surface area contributed by atoms with E-state index in [1.165, 1.54) is 0 Å². The summed E-state index contributed by atoms with van der Waals surface area (Å²) in [6.07, 6.45) is 4.51. The largest absolute Gasteiger partial charge is 0.359 e. The quantitative estimate of drug-likeness (QED) is 0.756. The van der Waals surface area contributed by atoms with Crippen molar-refractivity contribution in [1.82, 2.24) is 9.88 Å². The second-order valence-corrected chi connectivity index (χ2v) is 5.72. The lowest BCUT2D eigenvalue weighted by molar-refractivity contribution is 0.226. The van der Waals surface area contributed by atoms with Crippen molar-refractivity contribution in [2.75, 3.05) is 37.5 Å². The van der Waals surface area contributed by atoms with Crippen LogP contribution in [0.5, 0.6) is 0 Å². The Morgan fingerprint density at radius 2 is 1.79 bits per heavy atom. The minimum atomic E-state index is -0.115. The van der Waals surface area contributed by atoms with Crippen LogP contribution >= 0.6 is 0 Å². The molecule has 0 aliphatic carbocycles. The van der Waals surface area contributed by atoms with Gasteiger partial charge in [0.2, 0.25) is 0 Å². The van der Waals surface area contributed by atoms with Crippen molar-refractivity contribution >= 4 is 23.2 Å². The minimum absolute atomic E-state index is 0.115. The predicted molar refractivity (Wildman–Crippen MR) is 100.0 cm³/mol. The van der Waals surface area contributed by atoms with Gasteiger partial charge in [0.25, 0.3) is 0 Å². The highest BCUT2D eigenvalue weighted by molar-refractivity contribution is 5.99. The molecule has 24 heavy (non-hydrogen) atoms. The highest BCUT2D eigenvalue weighted by Gasteiger charge is 2.20. The summed E-state index contributed by atoms with van der Waals surface area (Å²) in [6.45, 7) is 4.59. The van der Waals surface area contributed by atoms with Crippen molar-refractivity contribution in [3.8, 4) is 0 Å². The molecule has 0 spiro atoms. The molecule has 0 saturated carbocycles. The number of anilines is 3. The van der Waals surface area contributed by atoms with Crippen LogP contribution in [-0.4, -0.2) is 43.6 Å². The summed E-state index contributed by atoms with van der Waals surface area (Å²) in [5.74, 6) is 0.867. The third-order valence-electron chi connectivity index (χ3n) is 3.64. The summed E-state index contributed by atoms with van der Waals surface area (Å²) in [7, 11) is 5.47. The Bertz CT molecular complexity index is 668. The number of amides is 2. The Labute approximate surface area is 143 Å². The van der Waals surface area contributed by atoms with Gasteiger partial charge >= 0.3 is 6.03 Å². The van der Waals surface area contributed by atoms with Crippen LogP contribution < -0.4 is 9.80 Å². The molecule has 0 radical (unpaired) electrons. The first kappa shape index (κ1) is 17.5. The van der Waals surface area contributed by atoms with Gasteiger partial charge in [-0.15, -0.1) is 6.58 Å². The lowest BCUT2D eigenvalue weighted by atomic mass is 10.2. The van der Waals surface area contributed by atoms with E-state index in [9.17, 15) is 4.79 Å². The van der Waals surface area contributed by atoms with Crippen molar-refractivity contribution < 1.29 is 4.79 Å². The molecule has 1 aromatic carbocycles. The zero-order chi connectivity index (χ0) is 17.5. The fourth-order valence-electron chi connectivity index (χ4n) is 2.28. The first-order chi connectivity index (χ1) is 11.5. The maximum absolute atomic E-state index is 12.6. The lowest BCUT2D eigenvalue weighted by Gasteiger charge is -2.26. The monoisotopic (exact) mass is 324 g/mol. The summed E-state index contributed by atoms with van der Waals surface area (Å²) in [5, 5.41) is 0. The number of rotatable bonds is 6. The van der Waals surface area contributed by atoms with Gasteiger partial charge in [-0.1, -0.05) is 24.3 Å². The van der Waals surface area contributed by atoms with E-state index < -0.39 is 0 Å². The molecule has 2 amide bonds. The van der Waals surface area contributed by atoms with Gasteiger partial charge in [-0.2, -0.15) is 0 Å². The predicted octanol–water partition coefficient (Wildman–Crippen LogP) is 3.91. The third kappa shape index (κ3) is 4.13. The van der Waals surface area contributed by atoms with E-state index in [-0.39, 0.29) is 6.03 Å². The van der Waals surface area contributed by atoms with E-state index in [2.05, 4.69) is 16.5 Å². The smallest absolute Gasteiger partial charge is 0.328 e. The normalized spacial score (nSPS) is 10.1. The second-order valence-electron chi connectivity index (χ2n) is 5.72. The zero-order valence-electron chi connectivity index (χ0n) is 14.5. The molecule has 2 aromatic rings. The summed E-state index contributed by atoms with van der Waals surface area (Å²) < 4.78 is 0. The van der Waals surface area contributed by atoms with Gasteiger partial charge < -0.3 is 9.80 Å². The maximum atomic E-state index is 12.6. The van der Waals surface area contributed by atoms with Crippen LogP contribution in [0.15, 0.2) is 61.3 Å². The van der Waals surface area contributed by atoms with E-state index in [1.807, 2.05) is 55.6 Å². The van der Waals surface area contributed by atoms with Crippen LogP contribution in [-0.2, 0) is 0 Å². The average Bonchev–Trinajstić information content (AvgIpc) is 2.61. The number of nitrogens with zero attached hydrogens (tertiary/aromatic N) is 4. The van der Waals surface area contributed by atoms with Crippen LogP contribution in [0, 0.1) is 0 Å². The van der Waals surface area contributed by atoms with Crippen molar-refractivity contribution in [3.05, 3.63) is 61.3 Å². The SMILES string of the molecule is C=CCCN(C)c1ccc(N(C(=O)N(C)C)c2ccccc2)cn1. The van der Waals surface area contributed by atoms with Crippen molar-refractivity contribution in [1.29, 1.82) is 0 Å². The molecular weight excluding hydrogens is 300 g/mol. The molecule has 0 fully saturated rings. The van der Waals surface area contributed by atoms with Gasteiger partial charge in [-0.05, 0) is 30.7 Å². The number of aromatic nitrogens is 1. The van der Waals surface area contributed by atoms with Crippen LogP contribution in [0.25, 0.3) is 0 Å². The Morgan fingerprint density at radius 3 is 2.33 bits per heavy atom. The minimum Gasteiger partial charge on any atom is -0.359 e. The first-order valence-corrected chi connectivity index (χ1v) is 7.89. The second kappa shape index (κ2) is 8.15. The Kier molecular flexibility index (Phi) is 5.95. The molecule has 0 aliphatic heterocycles. The molecule has 5 heteroatoms. The summed E-state index contributed by atoms with van der Waals surface area (Å²) in [6, 6.07) is 13.3. The Hall–Kier alpha value is -2.82. The van der Waals surface area contributed by atoms with Crippen LogP contribution in [0.2, 0.25) is 0 Å². The van der Waals surface area contributed by atoms with E-state index in [0.29, 0.717) is 0 Å². The topological polar surface area (TPSA) is 39.7 Å². The number of hydrogen-bond acceptors (Lipinski definition) is 3. The molecule has 2 rings (SSSR count). The molecule has 0 unspecified atom stereocenters. The highest BCUT2D eigenvalue weighted by atomic mass is 16.2. The van der Waals surface area contributed by atoms with Crippen molar-refractivity contribution in [3.63, 3.8) is 0 Å². The summed E-state index contributed by atoms with van der Waals surface area (Å²) in [5.41, 5.74) is 1.55. The molecule has 0 N–H and O–H groups in total. The van der Waals surface area contributed by atoms with Gasteiger partial charge in [0.1, 0.15) is 5.82 Å². The number of carbonyl (C=O) groups excluding carboxylic acids is 1. The molecule has 0 aliphatic rings. The van der Waals surface area contributed by atoms with Crippen LogP contribution in [0.3, 0.4) is 0 Å². The summed E-state index contributed by atoms with van der Waals surface area (Å²) >= 11 is 0. The molecule has 1 aromatic heterocycles. The molecule has 0 bridgehead atoms. The third-order valence-corrected chi connectivity index (χ3v) is 3.64. The molecule has 0 atom stereocenters. The van der Waals surface area contributed by atoms with E-state index in [4.69, 9.17) is 0 Å². The van der Waals surface area contributed by atoms with Crippen molar-refractivity contribution in [2.45, 2.75) is 6.42 Å². The van der Waals surface area contributed by atoms with E-state index in [1.54, 1.807) is 30.1 Å². The van der Waals surface area contributed by atoms with Crippen LogP contribution in [0.1, 0.15) is 6.42 Å². The van der Waals surface area contributed by atoms with Gasteiger partial charge in [0.05, 0.1) is 17.6 Å². The average molecular weight is 324 g/mol. The number of benzene rings is 1. The standard InChI is InChI=1S/C19H24N4O/c1-5-6-14-22(4)18-13-12-17(15-20-18)23(19(24)21(2)3)16-10-8-7-9-11-16/h5,7-13,15H,1,6,14H2,2-4H3. The molecule has 1 heterocycles. The number of carbonyl (C=O) groups is 1. The van der Waals surface area contributed by atoms with Crippen LogP contribution in [0.4, 0.5) is 22.0 Å². The van der Waals surface area contributed by atoms with E-state index >= 15 is 0 Å².